The maximum absolute atomic E-state index is 12.4. The number of nitrogens with one attached hydrogen (secondary N) is 2. The second-order valence-electron chi connectivity index (χ2n) is 5.74. The van der Waals surface area contributed by atoms with E-state index in [2.05, 4.69) is 29.1 Å². The summed E-state index contributed by atoms with van der Waals surface area (Å²) in [4.78, 5) is 22.2. The molecule has 1 amide bonds. The van der Waals surface area contributed by atoms with Gasteiger partial charge in [-0.15, -0.1) is 11.3 Å². The maximum Gasteiger partial charge on any atom is 0.261 e. The van der Waals surface area contributed by atoms with Crippen molar-refractivity contribution < 1.29 is 4.79 Å². The Kier molecular flexibility index (Phi) is 3.98. The van der Waals surface area contributed by atoms with Crippen LogP contribution in [0.15, 0.2) is 36.4 Å². The highest BCUT2D eigenvalue weighted by Gasteiger charge is 2.22. The van der Waals surface area contributed by atoms with Crippen LogP contribution in [0.4, 0.5) is 0 Å². The van der Waals surface area contributed by atoms with E-state index >= 15 is 0 Å². The minimum absolute atomic E-state index is 0.0442. The van der Waals surface area contributed by atoms with Crippen LogP contribution in [0, 0.1) is 12.8 Å². The quantitative estimate of drug-likeness (QED) is 0.763. The number of nitrogens with zero attached hydrogens (tertiary/aromatic N) is 1. The molecule has 0 saturated carbocycles. The number of hydrogen-bond acceptors (Lipinski definition) is 3. The van der Waals surface area contributed by atoms with Crippen molar-refractivity contribution in [1.29, 1.82) is 0 Å². The van der Waals surface area contributed by atoms with E-state index in [1.807, 2.05) is 43.3 Å². The Bertz CT molecular complexity index is 770. The summed E-state index contributed by atoms with van der Waals surface area (Å²) in [6.45, 7) is 6.16. The number of carbonyl (C=O) groups excluding carboxylic acids is 1. The van der Waals surface area contributed by atoms with Gasteiger partial charge in [-0.3, -0.25) is 4.79 Å². The molecular formula is C17H19N3OS. The van der Waals surface area contributed by atoms with Gasteiger partial charge in [-0.2, -0.15) is 0 Å². The van der Waals surface area contributed by atoms with E-state index in [-0.39, 0.29) is 17.9 Å². The summed E-state index contributed by atoms with van der Waals surface area (Å²) in [7, 11) is 0. The molecule has 1 atom stereocenters. The number of aromatic nitrogens is 2. The fourth-order valence-electron chi connectivity index (χ4n) is 2.44. The summed E-state index contributed by atoms with van der Waals surface area (Å²) in [6, 6.07) is 11.6. The maximum atomic E-state index is 12.4. The van der Waals surface area contributed by atoms with Gasteiger partial charge in [-0.1, -0.05) is 26.0 Å². The molecule has 114 valence electrons. The third-order valence-corrected chi connectivity index (χ3v) is 4.62. The Morgan fingerprint density at radius 1 is 1.23 bits per heavy atom. The highest BCUT2D eigenvalue weighted by Crippen LogP contribution is 2.23. The molecule has 22 heavy (non-hydrogen) atoms. The topological polar surface area (TPSA) is 57.8 Å². The van der Waals surface area contributed by atoms with E-state index in [1.165, 1.54) is 11.3 Å². The average molecular weight is 313 g/mol. The molecule has 3 aromatic rings. The van der Waals surface area contributed by atoms with Crippen LogP contribution >= 0.6 is 11.3 Å². The molecule has 3 rings (SSSR count). The molecule has 4 nitrogen and oxygen atoms in total. The van der Waals surface area contributed by atoms with E-state index in [4.69, 9.17) is 0 Å². The predicted octanol–water partition coefficient (Wildman–Crippen LogP) is 4.06. The van der Waals surface area contributed by atoms with Crippen molar-refractivity contribution in [2.45, 2.75) is 26.8 Å². The number of hydrogen-bond donors (Lipinski definition) is 2. The van der Waals surface area contributed by atoms with Crippen LogP contribution < -0.4 is 5.32 Å². The van der Waals surface area contributed by atoms with E-state index in [0.717, 1.165) is 26.6 Å². The molecule has 0 aliphatic rings. The summed E-state index contributed by atoms with van der Waals surface area (Å²) in [5, 5.41) is 3.10. The Morgan fingerprint density at radius 3 is 2.64 bits per heavy atom. The van der Waals surface area contributed by atoms with E-state index < -0.39 is 0 Å². The zero-order valence-electron chi connectivity index (χ0n) is 12.9. The van der Waals surface area contributed by atoms with Gasteiger partial charge in [0.05, 0.1) is 22.0 Å². The number of para-hydroxylation sites is 2. The molecule has 0 radical (unpaired) electrons. The second kappa shape index (κ2) is 5.93. The second-order valence-corrected chi connectivity index (χ2v) is 7.03. The fourth-order valence-corrected chi connectivity index (χ4v) is 3.21. The first-order chi connectivity index (χ1) is 10.5. The number of benzene rings is 1. The van der Waals surface area contributed by atoms with E-state index in [0.29, 0.717) is 0 Å². The Hall–Kier alpha value is -2.14. The van der Waals surface area contributed by atoms with Crippen molar-refractivity contribution in [1.82, 2.24) is 15.3 Å². The van der Waals surface area contributed by atoms with E-state index in [1.54, 1.807) is 0 Å². The first-order valence-electron chi connectivity index (χ1n) is 7.36. The molecule has 5 heteroatoms. The standard InChI is InChI=1S/C17H19N3OS/c1-10(2)15(20-17(21)14-9-8-11(3)22-14)16-18-12-6-4-5-7-13(12)19-16/h4-10,15H,1-3H3,(H,18,19)(H,20,21). The number of aryl methyl sites for hydroxylation is 1. The molecule has 1 unspecified atom stereocenters. The first kappa shape index (κ1) is 14.8. The minimum Gasteiger partial charge on any atom is -0.341 e. The molecule has 2 aromatic heterocycles. The molecule has 1 aromatic carbocycles. The van der Waals surface area contributed by atoms with Gasteiger partial charge >= 0.3 is 0 Å². The van der Waals surface area contributed by atoms with Crippen molar-refractivity contribution in [3.05, 3.63) is 52.0 Å². The van der Waals surface area contributed by atoms with Gasteiger partial charge in [0.2, 0.25) is 0 Å². The van der Waals surface area contributed by atoms with Crippen molar-refractivity contribution in [2.24, 2.45) is 5.92 Å². The Morgan fingerprint density at radius 2 is 2.00 bits per heavy atom. The summed E-state index contributed by atoms with van der Waals surface area (Å²) in [5.74, 6) is 1.00. The normalized spacial score (nSPS) is 12.7. The largest absolute Gasteiger partial charge is 0.341 e. The van der Waals surface area contributed by atoms with Gasteiger partial charge in [0.1, 0.15) is 5.82 Å². The Balaban J connectivity index is 1.88. The lowest BCUT2D eigenvalue weighted by atomic mass is 10.0. The van der Waals surface area contributed by atoms with Gasteiger partial charge in [-0.25, -0.2) is 4.98 Å². The van der Waals surface area contributed by atoms with Crippen molar-refractivity contribution >= 4 is 28.3 Å². The zero-order chi connectivity index (χ0) is 15.7. The zero-order valence-corrected chi connectivity index (χ0v) is 13.7. The highest BCUT2D eigenvalue weighted by atomic mass is 32.1. The monoisotopic (exact) mass is 313 g/mol. The fraction of sp³-hybridized carbons (Fsp3) is 0.294. The smallest absolute Gasteiger partial charge is 0.261 e. The van der Waals surface area contributed by atoms with Gasteiger partial charge < -0.3 is 10.3 Å². The molecule has 0 spiro atoms. The van der Waals surface area contributed by atoms with Crippen LogP contribution in [0.2, 0.25) is 0 Å². The van der Waals surface area contributed by atoms with Crippen molar-refractivity contribution in [2.75, 3.05) is 0 Å². The summed E-state index contributed by atoms with van der Waals surface area (Å²) in [6.07, 6.45) is 0. The minimum atomic E-state index is -0.137. The number of H-pyrrole nitrogens is 1. The molecule has 0 aliphatic carbocycles. The van der Waals surface area contributed by atoms with Gasteiger partial charge in [-0.05, 0) is 37.1 Å². The lowest BCUT2D eigenvalue weighted by molar-refractivity contribution is 0.0927. The lowest BCUT2D eigenvalue weighted by Crippen LogP contribution is -2.32. The van der Waals surface area contributed by atoms with Gasteiger partial charge in [0.15, 0.2) is 0 Å². The van der Waals surface area contributed by atoms with Crippen LogP contribution in [0.5, 0.6) is 0 Å². The molecule has 0 saturated heterocycles. The van der Waals surface area contributed by atoms with Gasteiger partial charge in [0, 0.05) is 4.88 Å². The summed E-state index contributed by atoms with van der Waals surface area (Å²) >= 11 is 1.51. The van der Waals surface area contributed by atoms with Crippen LogP contribution in [0.1, 0.15) is 40.3 Å². The predicted molar refractivity (Wildman–Crippen MR) is 90.2 cm³/mol. The van der Waals surface area contributed by atoms with Crippen molar-refractivity contribution in [3.63, 3.8) is 0 Å². The van der Waals surface area contributed by atoms with Crippen molar-refractivity contribution in [3.8, 4) is 0 Å². The Labute approximate surface area is 133 Å². The van der Waals surface area contributed by atoms with Crippen LogP contribution in [-0.4, -0.2) is 15.9 Å². The number of carbonyl (C=O) groups is 1. The average Bonchev–Trinajstić information content (AvgIpc) is 3.09. The molecule has 0 fully saturated rings. The van der Waals surface area contributed by atoms with Crippen LogP contribution in [0.3, 0.4) is 0 Å². The number of imidazole rings is 1. The number of rotatable bonds is 4. The molecule has 2 N–H and O–H groups in total. The van der Waals surface area contributed by atoms with Crippen LogP contribution in [0.25, 0.3) is 11.0 Å². The van der Waals surface area contributed by atoms with Gasteiger partial charge in [0.25, 0.3) is 5.91 Å². The molecular weight excluding hydrogens is 294 g/mol. The third kappa shape index (κ3) is 2.90. The summed E-state index contributed by atoms with van der Waals surface area (Å²) in [5.41, 5.74) is 1.91. The summed E-state index contributed by atoms with van der Waals surface area (Å²) < 4.78 is 0. The van der Waals surface area contributed by atoms with E-state index in [9.17, 15) is 4.79 Å². The molecule has 0 aliphatic heterocycles. The lowest BCUT2D eigenvalue weighted by Gasteiger charge is -2.19. The SMILES string of the molecule is Cc1ccc(C(=O)NC(c2nc3ccccc3[nH]2)C(C)C)s1. The number of thiophene rings is 1. The number of fused-ring (bicyclic) bond motifs is 1. The first-order valence-corrected chi connectivity index (χ1v) is 8.18. The highest BCUT2D eigenvalue weighted by molar-refractivity contribution is 7.13. The van der Waals surface area contributed by atoms with Crippen LogP contribution in [-0.2, 0) is 0 Å². The number of aromatic amines is 1. The number of amides is 1. The molecule has 0 bridgehead atoms. The molecule has 2 heterocycles. The third-order valence-electron chi connectivity index (χ3n) is 3.62.